The van der Waals surface area contributed by atoms with Crippen molar-refractivity contribution in [3.05, 3.63) is 64.1 Å². The molecule has 0 amide bonds. The number of hydrogen-bond donors (Lipinski definition) is 2. The number of thiazole rings is 1. The molecule has 0 fully saturated rings. The summed E-state index contributed by atoms with van der Waals surface area (Å²) in [6.45, 7) is 6.29. The van der Waals surface area contributed by atoms with Gasteiger partial charge < -0.3 is 10.6 Å². The zero-order valence-electron chi connectivity index (χ0n) is 16.6. The number of nitrogens with one attached hydrogen (secondary N) is 2. The van der Waals surface area contributed by atoms with E-state index in [1.807, 2.05) is 26.1 Å². The number of hydrogen-bond acceptors (Lipinski definition) is 4. The van der Waals surface area contributed by atoms with E-state index < -0.39 is 0 Å². The minimum absolute atomic E-state index is 0. The van der Waals surface area contributed by atoms with Crippen LogP contribution in [0.1, 0.15) is 23.3 Å². The molecule has 0 atom stereocenters. The molecule has 3 aromatic rings. The standard InChI is InChI=1S/C20H25FN6S.HI/c1-3-22-20(24-12-9-18-14-28-15(2)25-18)23-11-8-17-10-13-27(26-17)19-6-4-16(21)5-7-19;/h4-7,10,13-14H,3,8-9,11-12H2,1-2H3,(H2,22,23,24);1H. The molecule has 1 aromatic carbocycles. The molecule has 0 radical (unpaired) electrons. The Morgan fingerprint density at radius 1 is 1.14 bits per heavy atom. The van der Waals surface area contributed by atoms with Crippen molar-refractivity contribution in [3.63, 3.8) is 0 Å². The van der Waals surface area contributed by atoms with Crippen LogP contribution in [0.25, 0.3) is 5.69 Å². The van der Waals surface area contributed by atoms with E-state index in [9.17, 15) is 4.39 Å². The van der Waals surface area contributed by atoms with Crippen LogP contribution in [0.4, 0.5) is 4.39 Å². The zero-order chi connectivity index (χ0) is 19.8. The van der Waals surface area contributed by atoms with Gasteiger partial charge in [-0.2, -0.15) is 5.10 Å². The summed E-state index contributed by atoms with van der Waals surface area (Å²) in [5.41, 5.74) is 2.89. The van der Waals surface area contributed by atoms with E-state index in [0.717, 1.165) is 54.0 Å². The summed E-state index contributed by atoms with van der Waals surface area (Å²) in [7, 11) is 0. The number of aryl methyl sites for hydroxylation is 1. The van der Waals surface area contributed by atoms with Crippen LogP contribution in [-0.2, 0) is 12.8 Å². The first-order valence-electron chi connectivity index (χ1n) is 9.37. The number of benzene rings is 1. The lowest BCUT2D eigenvalue weighted by molar-refractivity contribution is 0.627. The minimum atomic E-state index is -0.251. The monoisotopic (exact) mass is 528 g/mol. The van der Waals surface area contributed by atoms with Gasteiger partial charge in [-0.1, -0.05) is 0 Å². The molecule has 3 rings (SSSR count). The van der Waals surface area contributed by atoms with Crippen LogP contribution >= 0.6 is 35.3 Å². The molecule has 0 spiro atoms. The number of aliphatic imine (C=N–C) groups is 1. The average molecular weight is 528 g/mol. The molecule has 156 valence electrons. The van der Waals surface area contributed by atoms with Gasteiger partial charge >= 0.3 is 0 Å². The van der Waals surface area contributed by atoms with Gasteiger partial charge in [0, 0.05) is 44.1 Å². The molecule has 0 unspecified atom stereocenters. The van der Waals surface area contributed by atoms with Gasteiger partial charge in [0.15, 0.2) is 5.96 Å². The molecule has 0 aliphatic heterocycles. The van der Waals surface area contributed by atoms with Crippen LogP contribution < -0.4 is 10.6 Å². The maximum atomic E-state index is 13.0. The number of halogens is 2. The van der Waals surface area contributed by atoms with Gasteiger partial charge in [0.25, 0.3) is 0 Å². The first-order chi connectivity index (χ1) is 13.6. The van der Waals surface area contributed by atoms with Crippen LogP contribution in [0.15, 0.2) is 46.9 Å². The summed E-state index contributed by atoms with van der Waals surface area (Å²) >= 11 is 1.67. The Balaban J connectivity index is 0.00000300. The summed E-state index contributed by atoms with van der Waals surface area (Å²) in [4.78, 5) is 9.09. The molecule has 6 nitrogen and oxygen atoms in total. The summed E-state index contributed by atoms with van der Waals surface area (Å²) in [6.07, 6.45) is 3.48. The third-order valence-electron chi connectivity index (χ3n) is 4.06. The van der Waals surface area contributed by atoms with Gasteiger partial charge in [-0.15, -0.1) is 35.3 Å². The second kappa shape index (κ2) is 11.9. The minimum Gasteiger partial charge on any atom is -0.357 e. The van der Waals surface area contributed by atoms with Crippen molar-refractivity contribution < 1.29 is 4.39 Å². The summed E-state index contributed by atoms with van der Waals surface area (Å²) in [5.74, 6) is 0.547. The van der Waals surface area contributed by atoms with Crippen LogP contribution in [0.2, 0.25) is 0 Å². The summed E-state index contributed by atoms with van der Waals surface area (Å²) in [5, 5.41) is 14.3. The van der Waals surface area contributed by atoms with Crippen molar-refractivity contribution in [2.24, 2.45) is 4.99 Å². The molecule has 0 aliphatic carbocycles. The molecule has 0 bridgehead atoms. The predicted octanol–water partition coefficient (Wildman–Crippen LogP) is 3.73. The molecule has 2 N–H and O–H groups in total. The molecule has 0 saturated heterocycles. The predicted molar refractivity (Wildman–Crippen MR) is 127 cm³/mol. The van der Waals surface area contributed by atoms with Crippen molar-refractivity contribution >= 4 is 41.3 Å². The second-order valence-corrected chi connectivity index (χ2v) is 7.34. The topological polar surface area (TPSA) is 67.1 Å². The third-order valence-corrected chi connectivity index (χ3v) is 4.88. The third kappa shape index (κ3) is 7.39. The first kappa shape index (κ1) is 23.3. The molecular weight excluding hydrogens is 502 g/mol. The second-order valence-electron chi connectivity index (χ2n) is 6.27. The lowest BCUT2D eigenvalue weighted by atomic mass is 10.3. The smallest absolute Gasteiger partial charge is 0.191 e. The Hall–Kier alpha value is -2.01. The van der Waals surface area contributed by atoms with Crippen LogP contribution in [-0.4, -0.2) is 40.4 Å². The Labute approximate surface area is 191 Å². The van der Waals surface area contributed by atoms with Gasteiger partial charge in [0.2, 0.25) is 0 Å². The van der Waals surface area contributed by atoms with Crippen molar-refractivity contribution in [3.8, 4) is 5.69 Å². The van der Waals surface area contributed by atoms with E-state index >= 15 is 0 Å². The fourth-order valence-electron chi connectivity index (χ4n) is 2.69. The van der Waals surface area contributed by atoms with Crippen LogP contribution in [0.5, 0.6) is 0 Å². The quantitative estimate of drug-likeness (QED) is 0.266. The summed E-state index contributed by atoms with van der Waals surface area (Å²) in [6, 6.07) is 8.25. The SMILES string of the molecule is CCNC(=NCCc1ccn(-c2ccc(F)cc2)n1)NCCc1csc(C)n1.I. The van der Waals surface area contributed by atoms with Crippen molar-refractivity contribution in [2.75, 3.05) is 19.6 Å². The maximum Gasteiger partial charge on any atom is 0.191 e. The van der Waals surface area contributed by atoms with Gasteiger partial charge in [-0.3, -0.25) is 4.99 Å². The summed E-state index contributed by atoms with van der Waals surface area (Å²) < 4.78 is 14.8. The van der Waals surface area contributed by atoms with Crippen LogP contribution in [0.3, 0.4) is 0 Å². The molecule has 0 aliphatic rings. The Morgan fingerprint density at radius 3 is 2.62 bits per heavy atom. The highest BCUT2D eigenvalue weighted by molar-refractivity contribution is 14.0. The molecular formula is C20H26FIN6S. The molecule has 2 aromatic heterocycles. The highest BCUT2D eigenvalue weighted by Gasteiger charge is 2.03. The highest BCUT2D eigenvalue weighted by atomic mass is 127. The number of nitrogens with zero attached hydrogens (tertiary/aromatic N) is 4. The van der Waals surface area contributed by atoms with E-state index in [0.29, 0.717) is 6.54 Å². The Morgan fingerprint density at radius 2 is 1.93 bits per heavy atom. The van der Waals surface area contributed by atoms with E-state index in [-0.39, 0.29) is 29.8 Å². The molecule has 2 heterocycles. The normalized spacial score (nSPS) is 11.2. The highest BCUT2D eigenvalue weighted by Crippen LogP contribution is 2.09. The van der Waals surface area contributed by atoms with Gasteiger partial charge in [-0.25, -0.2) is 14.1 Å². The maximum absolute atomic E-state index is 13.0. The number of rotatable bonds is 8. The fraction of sp³-hybridized carbons (Fsp3) is 0.350. The van der Waals surface area contributed by atoms with Crippen LogP contribution in [0, 0.1) is 12.7 Å². The Bertz CT molecular complexity index is 906. The fourth-order valence-corrected chi connectivity index (χ4v) is 3.34. The molecule has 29 heavy (non-hydrogen) atoms. The largest absolute Gasteiger partial charge is 0.357 e. The van der Waals surface area contributed by atoms with Gasteiger partial charge in [0.05, 0.1) is 22.1 Å². The van der Waals surface area contributed by atoms with E-state index in [4.69, 9.17) is 0 Å². The van der Waals surface area contributed by atoms with Crippen molar-refractivity contribution in [1.29, 1.82) is 0 Å². The van der Waals surface area contributed by atoms with E-state index in [1.54, 1.807) is 28.2 Å². The lowest BCUT2D eigenvalue weighted by Crippen LogP contribution is -2.38. The van der Waals surface area contributed by atoms with E-state index in [2.05, 4.69) is 31.1 Å². The number of aromatic nitrogens is 3. The van der Waals surface area contributed by atoms with Crippen molar-refractivity contribution in [2.45, 2.75) is 26.7 Å². The van der Waals surface area contributed by atoms with Crippen molar-refractivity contribution in [1.82, 2.24) is 25.4 Å². The lowest BCUT2D eigenvalue weighted by Gasteiger charge is -2.10. The van der Waals surface area contributed by atoms with E-state index in [1.165, 1.54) is 12.1 Å². The molecule has 9 heteroatoms. The zero-order valence-corrected chi connectivity index (χ0v) is 19.7. The number of guanidine groups is 1. The van der Waals surface area contributed by atoms with Gasteiger partial charge in [0.1, 0.15) is 5.82 Å². The molecule has 0 saturated carbocycles. The van der Waals surface area contributed by atoms with Gasteiger partial charge in [-0.05, 0) is 44.2 Å². The Kier molecular flexibility index (Phi) is 9.52. The first-order valence-corrected chi connectivity index (χ1v) is 10.3. The average Bonchev–Trinajstić information content (AvgIpc) is 3.31.